The van der Waals surface area contributed by atoms with Crippen molar-refractivity contribution < 1.29 is 23.1 Å². The second kappa shape index (κ2) is 4.75. The summed E-state index contributed by atoms with van der Waals surface area (Å²) < 4.78 is 39.7. The van der Waals surface area contributed by atoms with Gasteiger partial charge in [0.15, 0.2) is 0 Å². The predicted octanol–water partition coefficient (Wildman–Crippen LogP) is 2.71. The molecule has 104 valence electrons. The maximum atomic E-state index is 13.7. The Morgan fingerprint density at radius 1 is 1.32 bits per heavy atom. The van der Waals surface area contributed by atoms with Crippen LogP contribution in [0.2, 0.25) is 0 Å². The van der Waals surface area contributed by atoms with E-state index in [4.69, 9.17) is 0 Å². The summed E-state index contributed by atoms with van der Waals surface area (Å²) >= 11 is 0. The summed E-state index contributed by atoms with van der Waals surface area (Å²) in [5, 5.41) is 9.50. The molecule has 1 aromatic rings. The first-order valence-electron chi connectivity index (χ1n) is 5.96. The van der Waals surface area contributed by atoms with Crippen LogP contribution in [-0.4, -0.2) is 34.9 Å². The van der Waals surface area contributed by atoms with Crippen LogP contribution in [0.3, 0.4) is 0 Å². The lowest BCUT2D eigenvalue weighted by Crippen LogP contribution is -2.43. The predicted molar refractivity (Wildman–Crippen MR) is 62.9 cm³/mol. The molecule has 0 bridgehead atoms. The number of carbonyl (C=O) groups is 1. The zero-order valence-electron chi connectivity index (χ0n) is 10.4. The molecule has 1 aliphatic heterocycles. The SMILES string of the molecule is Cc1cc(F)c(C(=O)N2CCC(F)(F)CC2)cc1O. The molecule has 0 radical (unpaired) electrons. The van der Waals surface area contributed by atoms with Gasteiger partial charge in [-0.2, -0.15) is 0 Å². The van der Waals surface area contributed by atoms with Crippen molar-refractivity contribution in [2.45, 2.75) is 25.7 Å². The number of phenolic OH excluding ortho intramolecular Hbond substituents is 1. The van der Waals surface area contributed by atoms with E-state index in [0.29, 0.717) is 5.56 Å². The van der Waals surface area contributed by atoms with Crippen molar-refractivity contribution in [3.05, 3.63) is 29.1 Å². The molecule has 0 atom stereocenters. The molecule has 1 aromatic carbocycles. The van der Waals surface area contributed by atoms with Crippen LogP contribution in [0, 0.1) is 12.7 Å². The van der Waals surface area contributed by atoms with Crippen LogP contribution < -0.4 is 0 Å². The van der Waals surface area contributed by atoms with Gasteiger partial charge in [0.2, 0.25) is 0 Å². The molecule has 1 fully saturated rings. The molecule has 0 spiro atoms. The Balaban J connectivity index is 2.19. The Kier molecular flexibility index (Phi) is 3.43. The van der Waals surface area contributed by atoms with Gasteiger partial charge in [-0.1, -0.05) is 0 Å². The van der Waals surface area contributed by atoms with Crippen LogP contribution >= 0.6 is 0 Å². The van der Waals surface area contributed by atoms with Crippen LogP contribution in [0.25, 0.3) is 0 Å². The number of alkyl halides is 2. The second-order valence-electron chi connectivity index (χ2n) is 4.77. The van der Waals surface area contributed by atoms with Gasteiger partial charge >= 0.3 is 0 Å². The molecule has 0 aromatic heterocycles. The minimum absolute atomic E-state index is 0.111. The standard InChI is InChI=1S/C13H14F3NO2/c1-8-6-10(14)9(7-11(8)18)12(19)17-4-2-13(15,16)3-5-17/h6-7,18H,2-5H2,1H3. The highest BCUT2D eigenvalue weighted by Crippen LogP contribution is 2.29. The number of rotatable bonds is 1. The third kappa shape index (κ3) is 2.83. The van der Waals surface area contributed by atoms with Gasteiger partial charge in [0.25, 0.3) is 11.8 Å². The van der Waals surface area contributed by atoms with Crippen molar-refractivity contribution in [2.75, 3.05) is 13.1 Å². The first-order chi connectivity index (χ1) is 8.80. The molecule has 19 heavy (non-hydrogen) atoms. The topological polar surface area (TPSA) is 40.5 Å². The molecule has 0 saturated carbocycles. The van der Waals surface area contributed by atoms with Crippen molar-refractivity contribution in [3.63, 3.8) is 0 Å². The number of hydrogen-bond donors (Lipinski definition) is 1. The molecule has 0 unspecified atom stereocenters. The number of aromatic hydroxyl groups is 1. The number of likely N-dealkylation sites (tertiary alicyclic amines) is 1. The summed E-state index contributed by atoms with van der Waals surface area (Å²) in [6.45, 7) is 1.29. The first-order valence-corrected chi connectivity index (χ1v) is 5.96. The molecular formula is C13H14F3NO2. The average molecular weight is 273 g/mol. The third-order valence-electron chi connectivity index (χ3n) is 3.30. The summed E-state index contributed by atoms with van der Waals surface area (Å²) in [5.74, 6) is -4.36. The van der Waals surface area contributed by atoms with E-state index in [-0.39, 0.29) is 24.4 Å². The molecule has 1 heterocycles. The lowest BCUT2D eigenvalue weighted by Gasteiger charge is -2.31. The maximum Gasteiger partial charge on any atom is 0.256 e. The number of amides is 1. The Bertz CT molecular complexity index is 507. The summed E-state index contributed by atoms with van der Waals surface area (Å²) in [6.07, 6.45) is -0.837. The number of piperidine rings is 1. The molecule has 1 aliphatic rings. The van der Waals surface area contributed by atoms with Gasteiger partial charge in [-0.25, -0.2) is 13.2 Å². The fourth-order valence-corrected chi connectivity index (χ4v) is 2.03. The molecule has 6 heteroatoms. The van der Waals surface area contributed by atoms with Crippen molar-refractivity contribution in [1.29, 1.82) is 0 Å². The van der Waals surface area contributed by atoms with Crippen molar-refractivity contribution in [2.24, 2.45) is 0 Å². The van der Waals surface area contributed by atoms with Crippen LogP contribution in [-0.2, 0) is 0 Å². The highest BCUT2D eigenvalue weighted by Gasteiger charge is 2.36. The number of benzene rings is 1. The van der Waals surface area contributed by atoms with Crippen LogP contribution in [0.1, 0.15) is 28.8 Å². The molecule has 3 nitrogen and oxygen atoms in total. The van der Waals surface area contributed by atoms with E-state index in [1.807, 2.05) is 0 Å². The molecule has 1 saturated heterocycles. The lowest BCUT2D eigenvalue weighted by molar-refractivity contribution is -0.0494. The molecule has 1 amide bonds. The summed E-state index contributed by atoms with van der Waals surface area (Å²) in [6, 6.07) is 2.10. The zero-order valence-corrected chi connectivity index (χ0v) is 10.4. The first kappa shape index (κ1) is 13.7. The Morgan fingerprint density at radius 3 is 2.47 bits per heavy atom. The van der Waals surface area contributed by atoms with Gasteiger partial charge in [0.1, 0.15) is 11.6 Å². The van der Waals surface area contributed by atoms with E-state index < -0.39 is 30.5 Å². The van der Waals surface area contributed by atoms with Crippen molar-refractivity contribution in [3.8, 4) is 5.75 Å². The minimum Gasteiger partial charge on any atom is -0.508 e. The quantitative estimate of drug-likeness (QED) is 0.854. The van der Waals surface area contributed by atoms with Crippen LogP contribution in [0.4, 0.5) is 13.2 Å². The fourth-order valence-electron chi connectivity index (χ4n) is 2.03. The van der Waals surface area contributed by atoms with Crippen molar-refractivity contribution in [1.82, 2.24) is 4.90 Å². The lowest BCUT2D eigenvalue weighted by atomic mass is 10.0. The van der Waals surface area contributed by atoms with Crippen molar-refractivity contribution >= 4 is 5.91 Å². The number of carbonyl (C=O) groups excluding carboxylic acids is 1. The number of phenols is 1. The van der Waals surface area contributed by atoms with E-state index in [9.17, 15) is 23.1 Å². The average Bonchev–Trinajstić information content (AvgIpc) is 2.33. The number of hydrogen-bond acceptors (Lipinski definition) is 2. The smallest absolute Gasteiger partial charge is 0.256 e. The molecular weight excluding hydrogens is 259 g/mol. The minimum atomic E-state index is -2.76. The monoisotopic (exact) mass is 273 g/mol. The molecule has 0 aliphatic carbocycles. The molecule has 2 rings (SSSR count). The van der Waals surface area contributed by atoms with E-state index >= 15 is 0 Å². The second-order valence-corrected chi connectivity index (χ2v) is 4.77. The zero-order chi connectivity index (χ0) is 14.2. The highest BCUT2D eigenvalue weighted by atomic mass is 19.3. The van der Waals surface area contributed by atoms with Gasteiger partial charge in [0, 0.05) is 25.9 Å². The summed E-state index contributed by atoms with van der Waals surface area (Å²) in [5.41, 5.74) is 0.0348. The Labute approximate surface area is 108 Å². The van der Waals surface area contributed by atoms with Gasteiger partial charge in [-0.05, 0) is 24.6 Å². The van der Waals surface area contributed by atoms with E-state index in [0.717, 1.165) is 12.1 Å². The third-order valence-corrected chi connectivity index (χ3v) is 3.30. The number of halogens is 3. The van der Waals surface area contributed by atoms with E-state index in [2.05, 4.69) is 0 Å². The summed E-state index contributed by atoms with van der Waals surface area (Å²) in [7, 11) is 0. The van der Waals surface area contributed by atoms with Crippen LogP contribution in [0.5, 0.6) is 5.75 Å². The van der Waals surface area contributed by atoms with E-state index in [1.165, 1.54) is 11.8 Å². The summed E-state index contributed by atoms with van der Waals surface area (Å²) in [4.78, 5) is 13.2. The Hall–Kier alpha value is -1.72. The van der Waals surface area contributed by atoms with Crippen LogP contribution in [0.15, 0.2) is 12.1 Å². The Morgan fingerprint density at radius 2 is 1.89 bits per heavy atom. The normalized spacial score (nSPS) is 18.4. The molecule has 1 N–H and O–H groups in total. The number of aryl methyl sites for hydroxylation is 1. The largest absolute Gasteiger partial charge is 0.508 e. The van der Waals surface area contributed by atoms with E-state index in [1.54, 1.807) is 0 Å². The van der Waals surface area contributed by atoms with Gasteiger partial charge < -0.3 is 10.0 Å². The fraction of sp³-hybridized carbons (Fsp3) is 0.462. The maximum absolute atomic E-state index is 13.7. The van der Waals surface area contributed by atoms with Gasteiger partial charge in [-0.15, -0.1) is 0 Å². The highest BCUT2D eigenvalue weighted by molar-refractivity contribution is 5.95. The number of nitrogens with zero attached hydrogens (tertiary/aromatic N) is 1. The van der Waals surface area contributed by atoms with Gasteiger partial charge in [-0.3, -0.25) is 4.79 Å². The van der Waals surface area contributed by atoms with Gasteiger partial charge in [0.05, 0.1) is 5.56 Å².